The largest absolute Gasteiger partial charge is 0.493 e. The Balaban J connectivity index is 2.60. The maximum atomic E-state index is 13.2. The first-order chi connectivity index (χ1) is 13.8. The Morgan fingerprint density at radius 2 is 1.37 bits per heavy atom. The molecule has 2 aromatic carbocycles. The number of thioether (sulfide) groups is 1. The molecule has 0 unspecified atom stereocenters. The zero-order valence-electron chi connectivity index (χ0n) is 16.4. The second-order valence-corrected chi connectivity index (χ2v) is 7.23. The van der Waals surface area contributed by atoms with Crippen LogP contribution in [0.5, 0.6) is 11.5 Å². The van der Waals surface area contributed by atoms with Crippen molar-refractivity contribution in [1.82, 2.24) is 5.01 Å². The highest BCUT2D eigenvalue weighted by Gasteiger charge is 2.37. The summed E-state index contributed by atoms with van der Waals surface area (Å²) in [5.41, 5.74) is -3.14. The number of rotatable bonds is 5. The fourth-order valence-corrected chi connectivity index (χ4v) is 3.35. The van der Waals surface area contributed by atoms with Gasteiger partial charge >= 0.3 is 12.4 Å². The molecule has 0 atom stereocenters. The molecule has 0 bridgehead atoms. The van der Waals surface area contributed by atoms with Gasteiger partial charge in [0.1, 0.15) is 5.04 Å². The molecule has 0 spiro atoms. The fourth-order valence-electron chi connectivity index (χ4n) is 2.39. The summed E-state index contributed by atoms with van der Waals surface area (Å²) in [4.78, 5) is 0.485. The van der Waals surface area contributed by atoms with Crippen molar-refractivity contribution in [1.29, 1.82) is 0 Å². The van der Waals surface area contributed by atoms with Crippen molar-refractivity contribution in [3.05, 3.63) is 53.1 Å². The smallest absolute Gasteiger partial charge is 0.416 e. The van der Waals surface area contributed by atoms with Crippen molar-refractivity contribution in [3.63, 3.8) is 0 Å². The Hall–Kier alpha value is -2.56. The Bertz CT molecular complexity index is 894. The number of halogens is 6. The normalized spacial score (nSPS) is 12.7. The van der Waals surface area contributed by atoms with Crippen molar-refractivity contribution in [2.75, 3.05) is 28.3 Å². The Kier molecular flexibility index (Phi) is 7.17. The van der Waals surface area contributed by atoms with Crippen LogP contribution < -0.4 is 9.47 Å². The highest BCUT2D eigenvalue weighted by molar-refractivity contribution is 8.14. The summed E-state index contributed by atoms with van der Waals surface area (Å²) in [6.07, 6.45) is -9.90. The number of hydrogen-bond acceptors (Lipinski definition) is 5. The van der Waals surface area contributed by atoms with E-state index >= 15 is 0 Å². The molecule has 164 valence electrons. The van der Waals surface area contributed by atoms with Crippen molar-refractivity contribution in [2.24, 2.45) is 5.10 Å². The molecule has 2 aromatic rings. The molecule has 0 fully saturated rings. The van der Waals surface area contributed by atoms with E-state index in [4.69, 9.17) is 9.47 Å². The average Bonchev–Trinajstić information content (AvgIpc) is 2.65. The van der Waals surface area contributed by atoms with Gasteiger partial charge in [-0.3, -0.25) is 0 Å². The first-order valence-corrected chi connectivity index (χ1v) is 9.12. The van der Waals surface area contributed by atoms with E-state index in [0.29, 0.717) is 28.5 Å². The highest BCUT2D eigenvalue weighted by atomic mass is 32.2. The fraction of sp³-hybridized carbons (Fsp3) is 0.316. The summed E-state index contributed by atoms with van der Waals surface area (Å²) >= 11 is 0.896. The van der Waals surface area contributed by atoms with Crippen LogP contribution in [0.2, 0.25) is 0 Å². The number of nitrogens with zero attached hydrogens (tertiary/aromatic N) is 2. The second kappa shape index (κ2) is 9.07. The summed E-state index contributed by atoms with van der Waals surface area (Å²) in [7, 11) is 5.86. The highest BCUT2D eigenvalue weighted by Crippen LogP contribution is 2.39. The molecule has 0 aliphatic carbocycles. The molecular formula is C19H18F6N2O2S. The van der Waals surface area contributed by atoms with Gasteiger partial charge in [-0.05, 0) is 36.4 Å². The number of hydrazone groups is 1. The van der Waals surface area contributed by atoms with Crippen LogP contribution >= 0.6 is 11.8 Å². The summed E-state index contributed by atoms with van der Waals surface area (Å²) in [6.45, 7) is 0. The van der Waals surface area contributed by atoms with E-state index in [1.54, 1.807) is 18.2 Å². The standard InChI is InChI=1S/C19H18F6N2O2S/c1-27(2)26-17(30-14-5-6-15(28-3)16(10-14)29-4)11-7-12(18(20,21)22)9-13(8-11)19(23,24)25/h5-10H,1-4H3/b26-17+. The zero-order valence-corrected chi connectivity index (χ0v) is 17.2. The van der Waals surface area contributed by atoms with Gasteiger partial charge in [-0.1, -0.05) is 11.8 Å². The predicted octanol–water partition coefficient (Wildman–Crippen LogP) is 5.76. The number of benzene rings is 2. The van der Waals surface area contributed by atoms with E-state index in [9.17, 15) is 26.3 Å². The molecule has 0 aromatic heterocycles. The van der Waals surface area contributed by atoms with E-state index in [-0.39, 0.29) is 16.7 Å². The Morgan fingerprint density at radius 1 is 0.833 bits per heavy atom. The lowest BCUT2D eigenvalue weighted by Crippen LogP contribution is -2.14. The topological polar surface area (TPSA) is 34.1 Å². The lowest BCUT2D eigenvalue weighted by molar-refractivity contribution is -0.143. The van der Waals surface area contributed by atoms with E-state index in [1.165, 1.54) is 33.3 Å². The van der Waals surface area contributed by atoms with E-state index in [1.807, 2.05) is 0 Å². The van der Waals surface area contributed by atoms with Crippen molar-refractivity contribution in [3.8, 4) is 11.5 Å². The van der Waals surface area contributed by atoms with Gasteiger partial charge < -0.3 is 14.5 Å². The minimum atomic E-state index is -4.95. The van der Waals surface area contributed by atoms with E-state index in [2.05, 4.69) is 5.10 Å². The van der Waals surface area contributed by atoms with Crippen LogP contribution in [0.4, 0.5) is 26.3 Å². The van der Waals surface area contributed by atoms with Crippen molar-refractivity contribution >= 4 is 16.8 Å². The van der Waals surface area contributed by atoms with Gasteiger partial charge in [-0.25, -0.2) is 0 Å². The maximum absolute atomic E-state index is 13.2. The lowest BCUT2D eigenvalue weighted by Gasteiger charge is -2.17. The van der Waals surface area contributed by atoms with Gasteiger partial charge in [-0.15, -0.1) is 0 Å². The molecule has 0 radical (unpaired) electrons. The number of ether oxygens (including phenoxy) is 2. The van der Waals surface area contributed by atoms with Crippen LogP contribution in [0.1, 0.15) is 16.7 Å². The molecule has 30 heavy (non-hydrogen) atoms. The summed E-state index contributed by atoms with van der Waals surface area (Å²) in [6, 6.07) is 6.08. The minimum Gasteiger partial charge on any atom is -0.493 e. The van der Waals surface area contributed by atoms with Gasteiger partial charge in [0.15, 0.2) is 11.5 Å². The summed E-state index contributed by atoms with van der Waals surface area (Å²) < 4.78 is 89.6. The van der Waals surface area contributed by atoms with E-state index in [0.717, 1.165) is 11.8 Å². The molecule has 2 rings (SSSR count). The molecule has 0 heterocycles. The van der Waals surface area contributed by atoms with Crippen LogP contribution in [0.3, 0.4) is 0 Å². The predicted molar refractivity (Wildman–Crippen MR) is 102 cm³/mol. The Morgan fingerprint density at radius 3 is 1.80 bits per heavy atom. The van der Waals surface area contributed by atoms with Crippen LogP contribution in [-0.2, 0) is 12.4 Å². The Labute approximate surface area is 173 Å². The van der Waals surface area contributed by atoms with Gasteiger partial charge in [0, 0.05) is 24.6 Å². The van der Waals surface area contributed by atoms with Crippen molar-refractivity contribution in [2.45, 2.75) is 17.2 Å². The lowest BCUT2D eigenvalue weighted by atomic mass is 10.1. The maximum Gasteiger partial charge on any atom is 0.416 e. The molecule has 0 aliphatic rings. The van der Waals surface area contributed by atoms with Gasteiger partial charge in [-0.2, -0.15) is 31.4 Å². The first kappa shape index (κ1) is 23.7. The number of methoxy groups -OCH3 is 2. The molecule has 11 heteroatoms. The second-order valence-electron chi connectivity index (χ2n) is 6.17. The molecular weight excluding hydrogens is 434 g/mol. The molecule has 0 N–H and O–H groups in total. The molecule has 4 nitrogen and oxygen atoms in total. The SMILES string of the molecule is COc1ccc(S/C(=N/N(C)C)c2cc(C(F)(F)F)cc(C(F)(F)F)c2)cc1OC. The van der Waals surface area contributed by atoms with Crippen LogP contribution in [0.25, 0.3) is 0 Å². The van der Waals surface area contributed by atoms with Crippen molar-refractivity contribution < 1.29 is 35.8 Å². The van der Waals surface area contributed by atoms with Crippen LogP contribution in [-0.4, -0.2) is 38.4 Å². The number of hydrogen-bond donors (Lipinski definition) is 0. The first-order valence-electron chi connectivity index (χ1n) is 8.31. The third kappa shape index (κ3) is 5.97. The molecule has 0 saturated heterocycles. The summed E-state index contributed by atoms with van der Waals surface area (Å²) in [5.74, 6) is 0.776. The summed E-state index contributed by atoms with van der Waals surface area (Å²) in [5, 5.41) is 5.33. The van der Waals surface area contributed by atoms with E-state index < -0.39 is 23.5 Å². The molecule has 0 amide bonds. The zero-order chi connectivity index (χ0) is 22.7. The average molecular weight is 452 g/mol. The molecule has 0 saturated carbocycles. The minimum absolute atomic E-state index is 0.0520. The monoisotopic (exact) mass is 452 g/mol. The molecule has 0 aliphatic heterocycles. The quantitative estimate of drug-likeness (QED) is 0.190. The van der Waals surface area contributed by atoms with Gasteiger partial charge in [0.05, 0.1) is 25.3 Å². The van der Waals surface area contributed by atoms with Crippen LogP contribution in [0.15, 0.2) is 46.4 Å². The number of alkyl halides is 6. The van der Waals surface area contributed by atoms with Gasteiger partial charge in [0.2, 0.25) is 0 Å². The third-order valence-corrected chi connectivity index (χ3v) is 4.70. The van der Waals surface area contributed by atoms with Gasteiger partial charge in [0.25, 0.3) is 0 Å². The van der Waals surface area contributed by atoms with Crippen LogP contribution in [0, 0.1) is 0 Å². The third-order valence-electron chi connectivity index (χ3n) is 3.69.